The largest absolute Gasteiger partial charge is 0.481 e. The number of nitrogens with zero attached hydrogens (tertiary/aromatic N) is 2. The molecule has 0 radical (unpaired) electrons. The molecule has 0 aromatic carbocycles. The van der Waals surface area contributed by atoms with Crippen LogP contribution in [0, 0.1) is 5.92 Å². The van der Waals surface area contributed by atoms with E-state index < -0.39 is 5.97 Å². The van der Waals surface area contributed by atoms with Crippen LogP contribution >= 0.6 is 0 Å². The molecule has 6 heteroatoms. The average molecular weight is 273 g/mol. The van der Waals surface area contributed by atoms with E-state index in [1.54, 1.807) is 10.7 Å². The normalized spacial score (nSPS) is 22.0. The van der Waals surface area contributed by atoms with Crippen molar-refractivity contribution in [3.8, 4) is 0 Å². The summed E-state index contributed by atoms with van der Waals surface area (Å²) in [6, 6.07) is 5.46. The molecule has 0 bridgehead atoms. The van der Waals surface area contributed by atoms with Gasteiger partial charge < -0.3 is 10.4 Å². The van der Waals surface area contributed by atoms with Gasteiger partial charge in [0.05, 0.1) is 23.2 Å². The predicted molar refractivity (Wildman–Crippen MR) is 71.4 cm³/mol. The number of carbonyl (C=O) groups excluding carboxylic acids is 1. The maximum Gasteiger partial charge on any atom is 0.306 e. The summed E-state index contributed by atoms with van der Waals surface area (Å²) in [5.74, 6) is -1.32. The molecule has 0 aliphatic heterocycles. The van der Waals surface area contributed by atoms with Gasteiger partial charge in [0.2, 0.25) is 0 Å². The van der Waals surface area contributed by atoms with Crippen molar-refractivity contribution in [1.29, 1.82) is 0 Å². The number of carboxylic acid groups (broad SMARTS) is 1. The molecule has 1 fully saturated rings. The Bertz CT molecular complexity index is 664. The Kier molecular flexibility index (Phi) is 3.14. The molecule has 2 N–H and O–H groups in total. The summed E-state index contributed by atoms with van der Waals surface area (Å²) < 4.78 is 1.64. The minimum absolute atomic E-state index is 0.0673. The molecule has 2 aromatic heterocycles. The van der Waals surface area contributed by atoms with Crippen molar-refractivity contribution in [3.63, 3.8) is 0 Å². The second-order valence-corrected chi connectivity index (χ2v) is 5.11. The lowest BCUT2D eigenvalue weighted by atomic mass is 10.1. The van der Waals surface area contributed by atoms with Crippen LogP contribution in [0.1, 0.15) is 29.6 Å². The van der Waals surface area contributed by atoms with Crippen LogP contribution in [0.15, 0.2) is 30.6 Å². The van der Waals surface area contributed by atoms with Gasteiger partial charge in [0.15, 0.2) is 0 Å². The summed E-state index contributed by atoms with van der Waals surface area (Å²) in [5, 5.41) is 16.0. The summed E-state index contributed by atoms with van der Waals surface area (Å²) >= 11 is 0. The third kappa shape index (κ3) is 2.24. The second kappa shape index (κ2) is 4.96. The minimum atomic E-state index is -0.780. The van der Waals surface area contributed by atoms with Crippen LogP contribution in [0.2, 0.25) is 0 Å². The molecule has 1 saturated carbocycles. The van der Waals surface area contributed by atoms with Gasteiger partial charge in [-0.05, 0) is 31.4 Å². The number of fused-ring (bicyclic) bond motifs is 1. The highest BCUT2D eigenvalue weighted by molar-refractivity contribution is 6.00. The number of carbonyl (C=O) groups is 2. The first-order valence-corrected chi connectivity index (χ1v) is 6.61. The van der Waals surface area contributed by atoms with E-state index in [1.807, 2.05) is 18.2 Å². The molecule has 2 heterocycles. The van der Waals surface area contributed by atoms with E-state index in [0.29, 0.717) is 24.8 Å². The van der Waals surface area contributed by atoms with Crippen molar-refractivity contribution in [3.05, 3.63) is 36.2 Å². The van der Waals surface area contributed by atoms with Gasteiger partial charge in [-0.1, -0.05) is 6.07 Å². The van der Waals surface area contributed by atoms with Crippen molar-refractivity contribution in [2.45, 2.75) is 25.3 Å². The Morgan fingerprint density at radius 1 is 1.35 bits per heavy atom. The Labute approximate surface area is 115 Å². The number of amides is 1. The number of pyridine rings is 1. The van der Waals surface area contributed by atoms with Crippen LogP contribution in [-0.2, 0) is 4.79 Å². The van der Waals surface area contributed by atoms with Crippen LogP contribution < -0.4 is 5.32 Å². The number of hydrogen-bond acceptors (Lipinski definition) is 3. The standard InChI is InChI=1S/C14H15N3O3/c18-13(16-10-5-4-9(7-10)14(19)20)11-8-15-17-6-2-1-3-12(11)17/h1-3,6,8-10H,4-5,7H2,(H,16,18)(H,19,20)/t9-,10+/m0/s1. The topological polar surface area (TPSA) is 83.7 Å². The van der Waals surface area contributed by atoms with Crippen molar-refractivity contribution in [2.75, 3.05) is 0 Å². The molecule has 2 aromatic rings. The van der Waals surface area contributed by atoms with E-state index in [1.165, 1.54) is 6.20 Å². The average Bonchev–Trinajstić information content (AvgIpc) is 3.04. The van der Waals surface area contributed by atoms with Crippen molar-refractivity contribution in [2.24, 2.45) is 5.92 Å². The first kappa shape index (κ1) is 12.7. The smallest absolute Gasteiger partial charge is 0.306 e. The number of carboxylic acids is 1. The molecule has 1 aliphatic rings. The fraction of sp³-hybridized carbons (Fsp3) is 0.357. The molecular weight excluding hydrogens is 258 g/mol. The fourth-order valence-corrected chi connectivity index (χ4v) is 2.71. The lowest BCUT2D eigenvalue weighted by molar-refractivity contribution is -0.141. The Balaban J connectivity index is 1.73. The zero-order valence-corrected chi connectivity index (χ0v) is 10.8. The number of aliphatic carboxylic acids is 1. The molecule has 3 rings (SSSR count). The van der Waals surface area contributed by atoms with Gasteiger partial charge in [0.1, 0.15) is 0 Å². The van der Waals surface area contributed by atoms with Gasteiger partial charge >= 0.3 is 5.97 Å². The van der Waals surface area contributed by atoms with Crippen LogP contribution in [-0.4, -0.2) is 32.6 Å². The number of aromatic nitrogens is 2. The minimum Gasteiger partial charge on any atom is -0.481 e. The lowest BCUT2D eigenvalue weighted by Gasteiger charge is -2.11. The maximum absolute atomic E-state index is 12.2. The van der Waals surface area contributed by atoms with E-state index in [-0.39, 0.29) is 17.9 Å². The fourth-order valence-electron chi connectivity index (χ4n) is 2.71. The summed E-state index contributed by atoms with van der Waals surface area (Å²) in [7, 11) is 0. The maximum atomic E-state index is 12.2. The van der Waals surface area contributed by atoms with E-state index in [4.69, 9.17) is 5.11 Å². The van der Waals surface area contributed by atoms with Gasteiger partial charge in [-0.2, -0.15) is 5.10 Å². The van der Waals surface area contributed by atoms with E-state index in [9.17, 15) is 9.59 Å². The lowest BCUT2D eigenvalue weighted by Crippen LogP contribution is -2.33. The van der Waals surface area contributed by atoms with Gasteiger partial charge in [-0.15, -0.1) is 0 Å². The summed E-state index contributed by atoms with van der Waals surface area (Å²) in [4.78, 5) is 23.2. The molecule has 2 atom stereocenters. The van der Waals surface area contributed by atoms with E-state index in [2.05, 4.69) is 10.4 Å². The van der Waals surface area contributed by atoms with E-state index in [0.717, 1.165) is 5.52 Å². The number of nitrogens with one attached hydrogen (secondary N) is 1. The van der Waals surface area contributed by atoms with Gasteiger partial charge in [0, 0.05) is 12.2 Å². The molecule has 104 valence electrons. The highest BCUT2D eigenvalue weighted by atomic mass is 16.4. The Morgan fingerprint density at radius 2 is 2.20 bits per heavy atom. The molecular formula is C14H15N3O3. The predicted octanol–water partition coefficient (Wildman–Crippen LogP) is 1.32. The van der Waals surface area contributed by atoms with Crippen LogP contribution in [0.4, 0.5) is 0 Å². The highest BCUT2D eigenvalue weighted by Gasteiger charge is 2.31. The quantitative estimate of drug-likeness (QED) is 0.883. The zero-order valence-electron chi connectivity index (χ0n) is 10.8. The first-order chi connectivity index (χ1) is 9.65. The summed E-state index contributed by atoms with van der Waals surface area (Å²) in [5.41, 5.74) is 1.27. The monoisotopic (exact) mass is 273 g/mol. The third-order valence-electron chi connectivity index (χ3n) is 3.79. The van der Waals surface area contributed by atoms with Crippen LogP contribution in [0.25, 0.3) is 5.52 Å². The summed E-state index contributed by atoms with van der Waals surface area (Å²) in [6.07, 6.45) is 5.15. The highest BCUT2D eigenvalue weighted by Crippen LogP contribution is 2.26. The molecule has 1 aliphatic carbocycles. The number of hydrogen-bond donors (Lipinski definition) is 2. The summed E-state index contributed by atoms with van der Waals surface area (Å²) in [6.45, 7) is 0. The van der Waals surface area contributed by atoms with Crippen LogP contribution in [0.5, 0.6) is 0 Å². The Hall–Kier alpha value is -2.37. The van der Waals surface area contributed by atoms with Crippen molar-refractivity contribution in [1.82, 2.24) is 14.9 Å². The molecule has 0 unspecified atom stereocenters. The molecule has 6 nitrogen and oxygen atoms in total. The van der Waals surface area contributed by atoms with Gasteiger partial charge in [0.25, 0.3) is 5.91 Å². The second-order valence-electron chi connectivity index (χ2n) is 5.11. The van der Waals surface area contributed by atoms with Crippen LogP contribution in [0.3, 0.4) is 0 Å². The molecule has 0 saturated heterocycles. The third-order valence-corrected chi connectivity index (χ3v) is 3.79. The van der Waals surface area contributed by atoms with E-state index >= 15 is 0 Å². The first-order valence-electron chi connectivity index (χ1n) is 6.61. The van der Waals surface area contributed by atoms with Gasteiger partial charge in [-0.25, -0.2) is 4.52 Å². The SMILES string of the molecule is O=C(N[C@@H]1CC[C@H](C(=O)O)C1)c1cnn2ccccc12. The molecule has 1 amide bonds. The van der Waals surface area contributed by atoms with Gasteiger partial charge in [-0.3, -0.25) is 9.59 Å². The molecule has 0 spiro atoms. The Morgan fingerprint density at radius 3 is 2.95 bits per heavy atom. The number of rotatable bonds is 3. The van der Waals surface area contributed by atoms with Crippen molar-refractivity contribution < 1.29 is 14.7 Å². The van der Waals surface area contributed by atoms with Crippen molar-refractivity contribution >= 4 is 17.4 Å². The zero-order chi connectivity index (χ0) is 14.1. The molecule has 20 heavy (non-hydrogen) atoms.